The van der Waals surface area contributed by atoms with Gasteiger partial charge in [-0.3, -0.25) is 9.59 Å². The van der Waals surface area contributed by atoms with Crippen molar-refractivity contribution in [1.29, 1.82) is 0 Å². The van der Waals surface area contributed by atoms with Crippen LogP contribution in [0.2, 0.25) is 0 Å². The standard InChI is InChI=1S/C9H8Br2INO3S/c1-16-9(15)5(12)3-13-8(14)6-2-4(10)7(11)17-6/h2,5H,3H2,1H3,(H,13,14). The van der Waals surface area contributed by atoms with Crippen LogP contribution >= 0.6 is 65.8 Å². The predicted octanol–water partition coefficient (Wildman–Crippen LogP) is 2.98. The molecular weight excluding hydrogens is 489 g/mol. The minimum atomic E-state index is -0.381. The number of thiophene rings is 1. The van der Waals surface area contributed by atoms with E-state index in [4.69, 9.17) is 0 Å². The summed E-state index contributed by atoms with van der Waals surface area (Å²) in [5.41, 5.74) is 0. The Balaban J connectivity index is 2.53. The lowest BCUT2D eigenvalue weighted by atomic mass is 10.4. The smallest absolute Gasteiger partial charge is 0.320 e. The fraction of sp³-hybridized carbons (Fsp3) is 0.333. The van der Waals surface area contributed by atoms with Gasteiger partial charge >= 0.3 is 5.97 Å². The molecule has 0 saturated heterocycles. The number of esters is 1. The van der Waals surface area contributed by atoms with E-state index in [-0.39, 0.29) is 22.3 Å². The lowest BCUT2D eigenvalue weighted by molar-refractivity contribution is -0.139. The average Bonchev–Trinajstić information content (AvgIpc) is 2.65. The van der Waals surface area contributed by atoms with Crippen molar-refractivity contribution in [3.05, 3.63) is 19.2 Å². The molecule has 94 valence electrons. The number of rotatable bonds is 4. The molecule has 0 bridgehead atoms. The van der Waals surface area contributed by atoms with Gasteiger partial charge in [0.05, 0.1) is 15.8 Å². The summed E-state index contributed by atoms with van der Waals surface area (Å²) in [5, 5.41) is 2.68. The molecule has 1 amide bonds. The first-order valence-electron chi connectivity index (χ1n) is 4.40. The van der Waals surface area contributed by atoms with Gasteiger partial charge in [-0.25, -0.2) is 0 Å². The molecule has 0 saturated carbocycles. The van der Waals surface area contributed by atoms with Crippen molar-refractivity contribution < 1.29 is 14.3 Å². The van der Waals surface area contributed by atoms with Crippen LogP contribution in [0.1, 0.15) is 9.67 Å². The van der Waals surface area contributed by atoms with Crippen LogP contribution in [-0.2, 0) is 9.53 Å². The molecule has 1 rings (SSSR count). The first-order chi connectivity index (χ1) is 7.95. The van der Waals surface area contributed by atoms with E-state index < -0.39 is 0 Å². The van der Waals surface area contributed by atoms with Gasteiger partial charge in [-0.1, -0.05) is 22.6 Å². The lowest BCUT2D eigenvalue weighted by Gasteiger charge is -2.08. The molecule has 0 aliphatic rings. The first kappa shape index (κ1) is 15.4. The fourth-order valence-electron chi connectivity index (χ4n) is 0.939. The molecule has 1 N–H and O–H groups in total. The highest BCUT2D eigenvalue weighted by Gasteiger charge is 2.17. The largest absolute Gasteiger partial charge is 0.468 e. The molecule has 0 spiro atoms. The molecule has 1 aromatic rings. The quantitative estimate of drug-likeness (QED) is 0.396. The molecule has 8 heteroatoms. The second kappa shape index (κ2) is 7.05. The number of halogens is 3. The van der Waals surface area contributed by atoms with Crippen LogP contribution in [0.3, 0.4) is 0 Å². The van der Waals surface area contributed by atoms with E-state index >= 15 is 0 Å². The molecular formula is C9H8Br2INO3S. The van der Waals surface area contributed by atoms with Gasteiger partial charge in [-0.15, -0.1) is 11.3 Å². The Labute approximate surface area is 133 Å². The summed E-state index contributed by atoms with van der Waals surface area (Å²) >= 11 is 9.88. The molecule has 0 radical (unpaired) electrons. The summed E-state index contributed by atoms with van der Waals surface area (Å²) < 4.78 is 5.88. The van der Waals surface area contributed by atoms with E-state index in [9.17, 15) is 9.59 Å². The number of carbonyl (C=O) groups excluding carboxylic acids is 2. The maximum absolute atomic E-state index is 11.7. The number of hydrogen-bond donors (Lipinski definition) is 1. The van der Waals surface area contributed by atoms with Crippen molar-refractivity contribution >= 4 is 77.7 Å². The maximum Gasteiger partial charge on any atom is 0.320 e. The third kappa shape index (κ3) is 4.49. The molecule has 17 heavy (non-hydrogen) atoms. The first-order valence-corrected chi connectivity index (χ1v) is 8.05. The van der Waals surface area contributed by atoms with Crippen molar-refractivity contribution in [1.82, 2.24) is 5.32 Å². The highest BCUT2D eigenvalue weighted by atomic mass is 127. The number of hydrogen-bond acceptors (Lipinski definition) is 4. The SMILES string of the molecule is COC(=O)C(I)CNC(=O)c1cc(Br)c(Br)s1. The van der Waals surface area contributed by atoms with Crippen LogP contribution in [-0.4, -0.2) is 29.5 Å². The van der Waals surface area contributed by atoms with Crippen molar-refractivity contribution in [3.8, 4) is 0 Å². The summed E-state index contributed by atoms with van der Waals surface area (Å²) in [6.07, 6.45) is 0. The predicted molar refractivity (Wildman–Crippen MR) is 81.9 cm³/mol. The van der Waals surface area contributed by atoms with Crippen LogP contribution in [0.25, 0.3) is 0 Å². The molecule has 1 atom stereocenters. The highest BCUT2D eigenvalue weighted by molar-refractivity contribution is 14.1. The zero-order valence-electron chi connectivity index (χ0n) is 8.63. The Morgan fingerprint density at radius 1 is 1.59 bits per heavy atom. The number of ether oxygens (including phenoxy) is 1. The number of nitrogens with one attached hydrogen (secondary N) is 1. The molecule has 0 aliphatic heterocycles. The van der Waals surface area contributed by atoms with Gasteiger partial charge in [0.1, 0.15) is 3.92 Å². The van der Waals surface area contributed by atoms with Gasteiger partial charge in [0.25, 0.3) is 5.91 Å². The van der Waals surface area contributed by atoms with E-state index in [1.807, 2.05) is 22.6 Å². The molecule has 0 aliphatic carbocycles. The minimum absolute atomic E-state index is 0.202. The van der Waals surface area contributed by atoms with Crippen molar-refractivity contribution in [3.63, 3.8) is 0 Å². The van der Waals surface area contributed by atoms with E-state index in [0.29, 0.717) is 4.88 Å². The van der Waals surface area contributed by atoms with Gasteiger partial charge in [0, 0.05) is 11.0 Å². The second-order valence-corrected chi connectivity index (χ2v) is 7.66. The summed E-state index contributed by atoms with van der Waals surface area (Å²) in [6, 6.07) is 1.73. The van der Waals surface area contributed by atoms with Crippen molar-refractivity contribution in [2.75, 3.05) is 13.7 Å². The Kier molecular flexibility index (Phi) is 6.38. The Hall–Kier alpha value is 0.330. The fourth-order valence-corrected chi connectivity index (χ4v) is 3.37. The molecule has 1 heterocycles. The number of methoxy groups -OCH3 is 1. The lowest BCUT2D eigenvalue weighted by Crippen LogP contribution is -2.33. The summed E-state index contributed by atoms with van der Waals surface area (Å²) in [6.45, 7) is 0.249. The average molecular weight is 497 g/mol. The normalized spacial score (nSPS) is 12.0. The Morgan fingerprint density at radius 2 is 2.24 bits per heavy atom. The molecule has 0 aromatic carbocycles. The summed E-state index contributed by atoms with van der Waals surface area (Å²) in [4.78, 5) is 23.4. The van der Waals surface area contributed by atoms with E-state index in [1.165, 1.54) is 18.4 Å². The number of alkyl halides is 1. The third-order valence-corrected chi connectivity index (χ3v) is 5.97. The van der Waals surface area contributed by atoms with Crippen LogP contribution in [0.5, 0.6) is 0 Å². The summed E-state index contributed by atoms with van der Waals surface area (Å²) in [7, 11) is 1.32. The van der Waals surface area contributed by atoms with Crippen molar-refractivity contribution in [2.45, 2.75) is 3.92 Å². The van der Waals surface area contributed by atoms with Crippen LogP contribution in [0.15, 0.2) is 14.3 Å². The third-order valence-electron chi connectivity index (χ3n) is 1.77. The van der Waals surface area contributed by atoms with E-state index in [1.54, 1.807) is 6.07 Å². The van der Waals surface area contributed by atoms with Gasteiger partial charge in [-0.2, -0.15) is 0 Å². The van der Waals surface area contributed by atoms with Gasteiger partial charge < -0.3 is 10.1 Å². The van der Waals surface area contributed by atoms with Gasteiger partial charge in [-0.05, 0) is 37.9 Å². The monoisotopic (exact) mass is 495 g/mol. The van der Waals surface area contributed by atoms with Crippen LogP contribution in [0, 0.1) is 0 Å². The van der Waals surface area contributed by atoms with Crippen LogP contribution < -0.4 is 5.32 Å². The summed E-state index contributed by atoms with van der Waals surface area (Å²) in [5.74, 6) is -0.550. The van der Waals surface area contributed by atoms with Gasteiger partial charge in [0.15, 0.2) is 0 Å². The van der Waals surface area contributed by atoms with Crippen molar-refractivity contribution in [2.24, 2.45) is 0 Å². The molecule has 1 unspecified atom stereocenters. The maximum atomic E-state index is 11.7. The van der Waals surface area contributed by atoms with Gasteiger partial charge in [0.2, 0.25) is 0 Å². The molecule has 0 fully saturated rings. The molecule has 4 nitrogen and oxygen atoms in total. The number of amides is 1. The zero-order valence-corrected chi connectivity index (χ0v) is 14.8. The Bertz CT molecular complexity index is 418. The van der Waals surface area contributed by atoms with E-state index in [2.05, 4.69) is 41.9 Å². The second-order valence-electron chi connectivity index (χ2n) is 2.93. The number of carbonyl (C=O) groups is 2. The minimum Gasteiger partial charge on any atom is -0.468 e. The van der Waals surface area contributed by atoms with Crippen LogP contribution in [0.4, 0.5) is 0 Å². The van der Waals surface area contributed by atoms with E-state index in [0.717, 1.165) is 8.26 Å². The highest BCUT2D eigenvalue weighted by Crippen LogP contribution is 2.32. The zero-order chi connectivity index (χ0) is 13.0. The Morgan fingerprint density at radius 3 is 2.71 bits per heavy atom. The topological polar surface area (TPSA) is 55.4 Å². The molecule has 1 aromatic heterocycles.